The predicted octanol–water partition coefficient (Wildman–Crippen LogP) is 4.15. The van der Waals surface area contributed by atoms with Crippen LogP contribution in [0.3, 0.4) is 0 Å². The normalized spacial score (nSPS) is 11.0. The van der Waals surface area contributed by atoms with Gasteiger partial charge in [-0.2, -0.15) is 5.10 Å². The molecule has 0 aliphatic rings. The monoisotopic (exact) mass is 456 g/mol. The molecule has 1 amide bonds. The zero-order valence-corrected chi connectivity index (χ0v) is 18.2. The summed E-state index contributed by atoms with van der Waals surface area (Å²) in [4.78, 5) is 34.4. The van der Waals surface area contributed by atoms with E-state index >= 15 is 0 Å². The van der Waals surface area contributed by atoms with Crippen molar-refractivity contribution in [1.82, 2.24) is 9.99 Å². The number of esters is 1. The minimum absolute atomic E-state index is 0.0926. The number of fused-ring (bicyclic) bond motifs is 1. The number of ether oxygens (including phenoxy) is 1. The summed E-state index contributed by atoms with van der Waals surface area (Å²) in [5.41, 5.74) is 5.78. The average Bonchev–Trinajstić information content (AvgIpc) is 3.21. The van der Waals surface area contributed by atoms with Crippen molar-refractivity contribution in [1.29, 1.82) is 0 Å². The maximum atomic E-state index is 12.3. The van der Waals surface area contributed by atoms with E-state index in [0.29, 0.717) is 12.1 Å². The number of hydrogen-bond donors (Lipinski definition) is 1. The summed E-state index contributed by atoms with van der Waals surface area (Å²) in [6.45, 7) is 0.522. The molecule has 0 saturated carbocycles. The number of rotatable bonds is 7. The number of nitrogens with zero attached hydrogens (tertiary/aromatic N) is 3. The molecule has 0 radical (unpaired) electrons. The number of hydrogen-bond acceptors (Lipinski definition) is 6. The van der Waals surface area contributed by atoms with E-state index in [1.807, 2.05) is 47.2 Å². The van der Waals surface area contributed by atoms with Crippen LogP contribution in [0, 0.1) is 10.1 Å². The Morgan fingerprint density at radius 3 is 2.56 bits per heavy atom. The Morgan fingerprint density at radius 2 is 1.82 bits per heavy atom. The van der Waals surface area contributed by atoms with Gasteiger partial charge in [0.1, 0.15) is 0 Å². The lowest BCUT2D eigenvalue weighted by atomic mass is 10.1. The largest absolute Gasteiger partial charge is 0.465 e. The second kappa shape index (κ2) is 9.78. The summed E-state index contributed by atoms with van der Waals surface area (Å²) in [6.07, 6.45) is 3.46. The van der Waals surface area contributed by atoms with Gasteiger partial charge in [-0.3, -0.25) is 14.9 Å². The fourth-order valence-corrected chi connectivity index (χ4v) is 3.58. The molecule has 0 aliphatic heterocycles. The van der Waals surface area contributed by atoms with Crippen molar-refractivity contribution in [2.45, 2.75) is 6.54 Å². The molecule has 1 heterocycles. The Labute approximate surface area is 194 Å². The lowest BCUT2D eigenvalue weighted by Crippen LogP contribution is -2.17. The summed E-state index contributed by atoms with van der Waals surface area (Å²) in [5, 5.41) is 15.8. The number of aromatic nitrogens is 1. The van der Waals surface area contributed by atoms with Crippen molar-refractivity contribution in [3.8, 4) is 0 Å². The van der Waals surface area contributed by atoms with Crippen molar-refractivity contribution < 1.29 is 19.2 Å². The molecule has 34 heavy (non-hydrogen) atoms. The summed E-state index contributed by atoms with van der Waals surface area (Å²) >= 11 is 0. The van der Waals surface area contributed by atoms with Gasteiger partial charge in [0.05, 0.1) is 23.8 Å². The fraction of sp³-hybridized carbons (Fsp3) is 0.0800. The third-order valence-corrected chi connectivity index (χ3v) is 5.23. The van der Waals surface area contributed by atoms with E-state index in [0.717, 1.165) is 22.0 Å². The van der Waals surface area contributed by atoms with Crippen molar-refractivity contribution in [2.75, 3.05) is 7.11 Å². The van der Waals surface area contributed by atoms with Crippen molar-refractivity contribution in [2.24, 2.45) is 5.10 Å². The molecule has 3 aromatic carbocycles. The van der Waals surface area contributed by atoms with Crippen LogP contribution in [0.2, 0.25) is 0 Å². The van der Waals surface area contributed by atoms with E-state index in [-0.39, 0.29) is 11.3 Å². The van der Waals surface area contributed by atoms with Gasteiger partial charge in [0, 0.05) is 46.9 Å². The van der Waals surface area contributed by atoms with Crippen LogP contribution < -0.4 is 5.43 Å². The second-order valence-electron chi connectivity index (χ2n) is 7.42. The number of nitro benzene ring substituents is 1. The molecule has 9 heteroatoms. The van der Waals surface area contributed by atoms with Crippen molar-refractivity contribution in [3.63, 3.8) is 0 Å². The van der Waals surface area contributed by atoms with Crippen LogP contribution in [0.1, 0.15) is 31.8 Å². The number of carbonyl (C=O) groups excluding carboxylic acids is 2. The highest BCUT2D eigenvalue weighted by molar-refractivity contribution is 6.00. The molecule has 0 unspecified atom stereocenters. The maximum Gasteiger partial charge on any atom is 0.337 e. The summed E-state index contributed by atoms with van der Waals surface area (Å²) in [5.74, 6) is -0.870. The number of methoxy groups -OCH3 is 1. The van der Waals surface area contributed by atoms with Crippen molar-refractivity contribution >= 4 is 34.7 Å². The smallest absolute Gasteiger partial charge is 0.337 e. The van der Waals surface area contributed by atoms with Gasteiger partial charge in [-0.15, -0.1) is 0 Å². The predicted molar refractivity (Wildman–Crippen MR) is 127 cm³/mol. The van der Waals surface area contributed by atoms with E-state index in [1.165, 1.54) is 31.4 Å². The number of non-ortho nitro benzene ring substituents is 1. The molecule has 9 nitrogen and oxygen atoms in total. The summed E-state index contributed by atoms with van der Waals surface area (Å²) < 4.78 is 6.83. The van der Waals surface area contributed by atoms with E-state index in [4.69, 9.17) is 4.74 Å². The highest BCUT2D eigenvalue weighted by Crippen LogP contribution is 2.22. The van der Waals surface area contributed by atoms with Gasteiger partial charge >= 0.3 is 5.97 Å². The summed E-state index contributed by atoms with van der Waals surface area (Å²) in [7, 11) is 1.35. The van der Waals surface area contributed by atoms with Gasteiger partial charge in [-0.05, 0) is 35.9 Å². The van der Waals surface area contributed by atoms with Crippen LogP contribution in [-0.4, -0.2) is 34.7 Å². The topological polar surface area (TPSA) is 116 Å². The van der Waals surface area contributed by atoms with Crippen molar-refractivity contribution in [3.05, 3.63) is 111 Å². The Hall–Kier alpha value is -4.79. The van der Waals surface area contributed by atoms with Crippen LogP contribution in [0.5, 0.6) is 0 Å². The number of para-hydroxylation sites is 1. The van der Waals surface area contributed by atoms with Gasteiger partial charge in [-0.25, -0.2) is 10.2 Å². The lowest BCUT2D eigenvalue weighted by molar-refractivity contribution is -0.384. The standard InChI is InChI=1S/C25H20N4O5/c1-34-25(31)19-6-4-5-17(13-19)15-28-16-20(22-7-2-3-8-23(22)28)14-26-27-24(30)18-9-11-21(12-10-18)29(32)33/h2-14,16H,15H2,1H3,(H,27,30)/b26-14-. The average molecular weight is 456 g/mol. The number of nitrogens with one attached hydrogen (secondary N) is 1. The Kier molecular flexibility index (Phi) is 6.45. The Balaban J connectivity index is 1.54. The molecule has 0 atom stereocenters. The molecular weight excluding hydrogens is 436 g/mol. The van der Waals surface area contributed by atoms with E-state index < -0.39 is 16.8 Å². The third-order valence-electron chi connectivity index (χ3n) is 5.23. The molecule has 0 saturated heterocycles. The first kappa shape index (κ1) is 22.4. The molecule has 1 aromatic heterocycles. The SMILES string of the molecule is COC(=O)c1cccc(Cn2cc(/C=N\NC(=O)c3ccc([N+](=O)[O-])cc3)c3ccccc32)c1. The molecule has 0 spiro atoms. The zero-order valence-electron chi connectivity index (χ0n) is 18.2. The van der Waals surface area contributed by atoms with E-state index in [2.05, 4.69) is 10.5 Å². The molecule has 4 rings (SSSR count). The molecule has 0 fully saturated rings. The number of carbonyl (C=O) groups is 2. The highest BCUT2D eigenvalue weighted by Gasteiger charge is 2.11. The first-order valence-corrected chi connectivity index (χ1v) is 10.3. The molecule has 0 bridgehead atoms. The number of amides is 1. The minimum Gasteiger partial charge on any atom is -0.465 e. The second-order valence-corrected chi connectivity index (χ2v) is 7.42. The number of hydrazone groups is 1. The minimum atomic E-state index is -0.526. The zero-order chi connectivity index (χ0) is 24.1. The van der Waals surface area contributed by atoms with Gasteiger partial charge in [-0.1, -0.05) is 30.3 Å². The molecular formula is C25H20N4O5. The molecule has 0 aliphatic carbocycles. The first-order chi connectivity index (χ1) is 16.5. The molecule has 4 aromatic rings. The van der Waals surface area contributed by atoms with Crippen LogP contribution in [0.25, 0.3) is 10.9 Å². The fourth-order valence-electron chi connectivity index (χ4n) is 3.58. The van der Waals surface area contributed by atoms with Crippen LogP contribution in [0.15, 0.2) is 84.1 Å². The third kappa shape index (κ3) is 4.83. The van der Waals surface area contributed by atoms with Gasteiger partial charge in [0.25, 0.3) is 11.6 Å². The van der Waals surface area contributed by atoms with Crippen LogP contribution in [-0.2, 0) is 11.3 Å². The number of benzene rings is 3. The highest BCUT2D eigenvalue weighted by atomic mass is 16.6. The van der Waals surface area contributed by atoms with Gasteiger partial charge in [0.15, 0.2) is 0 Å². The molecule has 170 valence electrons. The van der Waals surface area contributed by atoms with Crippen LogP contribution in [0.4, 0.5) is 5.69 Å². The quantitative estimate of drug-likeness (QED) is 0.194. The van der Waals surface area contributed by atoms with E-state index in [1.54, 1.807) is 18.3 Å². The lowest BCUT2D eigenvalue weighted by Gasteiger charge is -2.07. The molecule has 1 N–H and O–H groups in total. The van der Waals surface area contributed by atoms with Crippen LogP contribution >= 0.6 is 0 Å². The first-order valence-electron chi connectivity index (χ1n) is 10.3. The maximum absolute atomic E-state index is 12.3. The summed E-state index contributed by atoms with van der Waals surface area (Å²) in [6, 6.07) is 20.3. The van der Waals surface area contributed by atoms with Gasteiger partial charge in [0.2, 0.25) is 0 Å². The number of nitro groups is 1. The Morgan fingerprint density at radius 1 is 1.06 bits per heavy atom. The Bertz CT molecular complexity index is 1410. The van der Waals surface area contributed by atoms with E-state index in [9.17, 15) is 19.7 Å². The van der Waals surface area contributed by atoms with Gasteiger partial charge < -0.3 is 9.30 Å².